The average Bonchev–Trinajstić information content (AvgIpc) is 2.41. The summed E-state index contributed by atoms with van der Waals surface area (Å²) in [7, 11) is 0. The highest BCUT2D eigenvalue weighted by Gasteiger charge is 2.27. The van der Waals surface area contributed by atoms with Crippen molar-refractivity contribution in [3.63, 3.8) is 0 Å². The van der Waals surface area contributed by atoms with Crippen LogP contribution in [0, 0.1) is 12.3 Å². The highest BCUT2D eigenvalue weighted by atomic mass is 79.9. The molecule has 1 aliphatic heterocycles. The summed E-state index contributed by atoms with van der Waals surface area (Å²) in [6.45, 7) is 0.0656. The number of imide groups is 1. The normalized spacial score (nSPS) is 18.3. The van der Waals surface area contributed by atoms with Gasteiger partial charge in [-0.25, -0.2) is 4.68 Å². The number of hydrogen-bond donors (Lipinski definition) is 2. The molecule has 0 aliphatic carbocycles. The fourth-order valence-electron chi connectivity index (χ4n) is 1.78. The van der Waals surface area contributed by atoms with Crippen LogP contribution in [0.25, 0.3) is 0 Å². The predicted octanol–water partition coefficient (Wildman–Crippen LogP) is -0.144. The van der Waals surface area contributed by atoms with Crippen LogP contribution in [0.15, 0.2) is 15.5 Å². The van der Waals surface area contributed by atoms with Gasteiger partial charge >= 0.3 is 0 Å². The largest absolute Gasteiger partial charge is 0.371 e. The molecule has 1 aromatic heterocycles. The summed E-state index contributed by atoms with van der Waals surface area (Å²) in [5.74, 6) is 1.61. The van der Waals surface area contributed by atoms with Gasteiger partial charge in [-0.3, -0.25) is 19.7 Å². The van der Waals surface area contributed by atoms with Crippen LogP contribution in [0.1, 0.15) is 12.8 Å². The third-order valence-corrected chi connectivity index (χ3v) is 3.56. The zero-order chi connectivity index (χ0) is 14.7. The second-order valence-electron chi connectivity index (χ2n) is 4.19. The molecule has 1 aromatic rings. The van der Waals surface area contributed by atoms with E-state index in [1.165, 1.54) is 6.20 Å². The smallest absolute Gasteiger partial charge is 0.284 e. The van der Waals surface area contributed by atoms with Crippen molar-refractivity contribution in [3.05, 3.63) is 21.0 Å². The molecular weight excluding hydrogens is 328 g/mol. The average molecular weight is 339 g/mol. The van der Waals surface area contributed by atoms with E-state index in [1.54, 1.807) is 0 Å². The summed E-state index contributed by atoms with van der Waals surface area (Å²) in [5, 5.41) is 9.03. The molecule has 8 heteroatoms. The van der Waals surface area contributed by atoms with Gasteiger partial charge in [-0.1, -0.05) is 5.92 Å². The molecule has 7 nitrogen and oxygen atoms in total. The number of rotatable bonds is 3. The molecule has 2 amide bonds. The number of terminal acetylenes is 1. The van der Waals surface area contributed by atoms with Gasteiger partial charge in [-0.05, 0) is 22.4 Å². The van der Waals surface area contributed by atoms with Crippen molar-refractivity contribution >= 4 is 33.4 Å². The number of aromatic nitrogens is 2. The van der Waals surface area contributed by atoms with Crippen molar-refractivity contribution in [2.75, 3.05) is 5.32 Å². The zero-order valence-corrected chi connectivity index (χ0v) is 11.9. The van der Waals surface area contributed by atoms with Gasteiger partial charge in [-0.2, -0.15) is 5.10 Å². The molecule has 0 bridgehead atoms. The number of carbonyl (C=O) groups is 2. The van der Waals surface area contributed by atoms with E-state index in [0.717, 1.165) is 4.68 Å². The highest BCUT2D eigenvalue weighted by molar-refractivity contribution is 9.10. The summed E-state index contributed by atoms with van der Waals surface area (Å²) >= 11 is 3.16. The van der Waals surface area contributed by atoms with Crippen LogP contribution in [-0.2, 0) is 16.1 Å². The first-order valence-corrected chi connectivity index (χ1v) is 6.61. The van der Waals surface area contributed by atoms with Crippen LogP contribution in [-0.4, -0.2) is 27.6 Å². The molecule has 104 valence electrons. The molecule has 1 atom stereocenters. The monoisotopic (exact) mass is 338 g/mol. The van der Waals surface area contributed by atoms with E-state index in [1.807, 2.05) is 0 Å². The van der Waals surface area contributed by atoms with Crippen LogP contribution in [0.4, 0.5) is 5.69 Å². The van der Waals surface area contributed by atoms with Crippen molar-refractivity contribution in [2.45, 2.75) is 25.4 Å². The zero-order valence-electron chi connectivity index (χ0n) is 10.4. The van der Waals surface area contributed by atoms with Gasteiger partial charge in [0.05, 0.1) is 11.9 Å². The molecule has 2 rings (SSSR count). The van der Waals surface area contributed by atoms with Crippen molar-refractivity contribution in [1.29, 1.82) is 0 Å². The lowest BCUT2D eigenvalue weighted by Crippen LogP contribution is -2.47. The Labute approximate surface area is 122 Å². The Hall–Kier alpha value is -2.14. The van der Waals surface area contributed by atoms with Gasteiger partial charge in [0.25, 0.3) is 5.56 Å². The van der Waals surface area contributed by atoms with Crippen LogP contribution in [0.2, 0.25) is 0 Å². The van der Waals surface area contributed by atoms with Crippen molar-refractivity contribution in [3.8, 4) is 12.3 Å². The second kappa shape index (κ2) is 5.88. The molecule has 20 heavy (non-hydrogen) atoms. The number of halogens is 1. The Morgan fingerprint density at radius 3 is 2.95 bits per heavy atom. The predicted molar refractivity (Wildman–Crippen MR) is 74.8 cm³/mol. The summed E-state index contributed by atoms with van der Waals surface area (Å²) in [5.41, 5.74) is -0.00184. The SMILES string of the molecule is C#CCn1ncc(NC2CCC(=O)NC2=O)c(Br)c1=O. The van der Waals surface area contributed by atoms with E-state index < -0.39 is 11.9 Å². The Morgan fingerprint density at radius 2 is 2.30 bits per heavy atom. The van der Waals surface area contributed by atoms with E-state index in [0.29, 0.717) is 12.1 Å². The first-order valence-electron chi connectivity index (χ1n) is 5.82. The quantitative estimate of drug-likeness (QED) is 0.591. The molecule has 0 aromatic carbocycles. The maximum Gasteiger partial charge on any atom is 0.284 e. The summed E-state index contributed by atoms with van der Waals surface area (Å²) in [6.07, 6.45) is 7.16. The van der Waals surface area contributed by atoms with Crippen LogP contribution in [0.3, 0.4) is 0 Å². The number of carbonyl (C=O) groups excluding carboxylic acids is 2. The van der Waals surface area contributed by atoms with E-state index in [9.17, 15) is 14.4 Å². The molecule has 0 saturated carbocycles. The summed E-state index contributed by atoms with van der Waals surface area (Å²) < 4.78 is 1.37. The summed E-state index contributed by atoms with van der Waals surface area (Å²) in [4.78, 5) is 34.6. The summed E-state index contributed by atoms with van der Waals surface area (Å²) in [6, 6.07) is -0.575. The van der Waals surface area contributed by atoms with Gasteiger partial charge < -0.3 is 5.32 Å². The molecule has 1 fully saturated rings. The lowest BCUT2D eigenvalue weighted by molar-refractivity contribution is -0.133. The minimum atomic E-state index is -0.575. The van der Waals surface area contributed by atoms with E-state index >= 15 is 0 Å². The van der Waals surface area contributed by atoms with Gasteiger partial charge in [0.1, 0.15) is 17.1 Å². The van der Waals surface area contributed by atoms with Gasteiger partial charge in [0.2, 0.25) is 11.8 Å². The number of anilines is 1. The fourth-order valence-corrected chi connectivity index (χ4v) is 2.21. The van der Waals surface area contributed by atoms with E-state index in [4.69, 9.17) is 6.42 Å². The number of nitrogens with zero attached hydrogens (tertiary/aromatic N) is 2. The standard InChI is InChI=1S/C12H11BrN4O3/c1-2-5-17-12(20)10(13)8(6-14-17)15-7-3-4-9(18)16-11(7)19/h1,6-7,15H,3-5H2,(H,16,18,19). The van der Waals surface area contributed by atoms with Gasteiger partial charge in [-0.15, -0.1) is 6.42 Å². The minimum Gasteiger partial charge on any atom is -0.371 e. The van der Waals surface area contributed by atoms with Gasteiger partial charge in [0, 0.05) is 6.42 Å². The number of amides is 2. The van der Waals surface area contributed by atoms with E-state index in [2.05, 4.69) is 37.6 Å². The lowest BCUT2D eigenvalue weighted by Gasteiger charge is -2.23. The molecule has 2 heterocycles. The Bertz CT molecular complexity index is 662. The van der Waals surface area contributed by atoms with Crippen molar-refractivity contribution in [2.24, 2.45) is 0 Å². The van der Waals surface area contributed by atoms with E-state index in [-0.39, 0.29) is 28.9 Å². The van der Waals surface area contributed by atoms with Crippen LogP contribution in [0.5, 0.6) is 0 Å². The Morgan fingerprint density at radius 1 is 1.55 bits per heavy atom. The minimum absolute atomic E-state index is 0.0656. The van der Waals surface area contributed by atoms with Gasteiger partial charge in [0.15, 0.2) is 0 Å². The molecule has 0 radical (unpaired) electrons. The third-order valence-electron chi connectivity index (χ3n) is 2.79. The number of piperidine rings is 1. The molecule has 2 N–H and O–H groups in total. The van der Waals surface area contributed by atoms with Crippen LogP contribution >= 0.6 is 15.9 Å². The molecule has 1 unspecified atom stereocenters. The first kappa shape index (κ1) is 14.3. The highest BCUT2D eigenvalue weighted by Crippen LogP contribution is 2.19. The molecule has 1 saturated heterocycles. The molecule has 1 aliphatic rings. The maximum atomic E-state index is 11.9. The Kier molecular flexibility index (Phi) is 4.20. The topological polar surface area (TPSA) is 93.1 Å². The third kappa shape index (κ3) is 2.88. The second-order valence-corrected chi connectivity index (χ2v) is 4.98. The maximum absolute atomic E-state index is 11.9. The number of nitrogens with one attached hydrogen (secondary N) is 2. The van der Waals surface area contributed by atoms with Crippen LogP contribution < -0.4 is 16.2 Å². The first-order chi connectivity index (χ1) is 9.52. The molecule has 0 spiro atoms. The van der Waals surface area contributed by atoms with Crippen molar-refractivity contribution in [1.82, 2.24) is 15.1 Å². The molecular formula is C12H11BrN4O3. The number of hydrogen-bond acceptors (Lipinski definition) is 5. The fraction of sp³-hybridized carbons (Fsp3) is 0.333. The van der Waals surface area contributed by atoms with Crippen molar-refractivity contribution < 1.29 is 9.59 Å². The lowest BCUT2D eigenvalue weighted by atomic mass is 10.1. The Balaban J connectivity index is 2.21.